The van der Waals surface area contributed by atoms with Crippen LogP contribution in [0.25, 0.3) is 21.8 Å². The summed E-state index contributed by atoms with van der Waals surface area (Å²) in [5.74, 6) is -0.101. The average Bonchev–Trinajstić information content (AvgIpc) is 2.48. The Labute approximate surface area is 120 Å². The van der Waals surface area contributed by atoms with Crippen molar-refractivity contribution in [2.45, 2.75) is 0 Å². The van der Waals surface area contributed by atoms with E-state index in [1.165, 1.54) is 0 Å². The Hall–Kier alpha value is -2.27. The van der Waals surface area contributed by atoms with Gasteiger partial charge in [0.25, 0.3) is 0 Å². The molecule has 0 radical (unpaired) electrons. The molecule has 2 N–H and O–H groups in total. The van der Waals surface area contributed by atoms with E-state index in [1.54, 1.807) is 24.3 Å². The van der Waals surface area contributed by atoms with Gasteiger partial charge in [-0.1, -0.05) is 12.1 Å². The number of benzene rings is 2. The van der Waals surface area contributed by atoms with Gasteiger partial charge in [0.2, 0.25) is 5.91 Å². The van der Waals surface area contributed by atoms with Crippen LogP contribution in [0.4, 0.5) is 5.69 Å². The molecule has 0 saturated heterocycles. The van der Waals surface area contributed by atoms with Crippen molar-refractivity contribution in [1.29, 1.82) is 0 Å². The number of anilines is 1. The van der Waals surface area contributed by atoms with Crippen molar-refractivity contribution in [2.24, 2.45) is 0 Å². The van der Waals surface area contributed by atoms with Gasteiger partial charge < -0.3 is 10.3 Å². The van der Waals surface area contributed by atoms with Crippen molar-refractivity contribution in [3.05, 3.63) is 52.7 Å². The van der Waals surface area contributed by atoms with E-state index in [9.17, 15) is 9.59 Å². The molecular weight excluding hydrogens is 272 g/mol. The third-order valence-electron chi connectivity index (χ3n) is 3.13. The molecule has 5 heteroatoms. The fourth-order valence-corrected chi connectivity index (χ4v) is 2.28. The summed E-state index contributed by atoms with van der Waals surface area (Å²) in [5.41, 5.74) is 2.10. The Morgan fingerprint density at radius 1 is 1.10 bits per heavy atom. The fourth-order valence-electron chi connectivity index (χ4n) is 2.20. The monoisotopic (exact) mass is 284 g/mol. The highest BCUT2D eigenvalue weighted by molar-refractivity contribution is 7.81. The summed E-state index contributed by atoms with van der Waals surface area (Å²) in [7, 11) is 0. The van der Waals surface area contributed by atoms with Crippen molar-refractivity contribution in [3.63, 3.8) is 0 Å². The van der Waals surface area contributed by atoms with Gasteiger partial charge in [0.1, 0.15) is 0 Å². The number of hydrogen-bond acceptors (Lipinski definition) is 3. The summed E-state index contributed by atoms with van der Waals surface area (Å²) in [6, 6.07) is 12.6. The second kappa shape index (κ2) is 5.02. The largest absolute Gasteiger partial charge is 0.354 e. The number of nitrogens with one attached hydrogen (secondary N) is 2. The number of aromatic amines is 1. The van der Waals surface area contributed by atoms with Crippen molar-refractivity contribution in [1.82, 2.24) is 4.98 Å². The first kappa shape index (κ1) is 12.7. The van der Waals surface area contributed by atoms with E-state index in [-0.39, 0.29) is 17.1 Å². The molecule has 0 saturated carbocycles. The lowest BCUT2D eigenvalue weighted by atomic mass is 10.1. The molecule has 0 unspecified atom stereocenters. The number of fused-ring (bicyclic) bond motifs is 2. The summed E-state index contributed by atoms with van der Waals surface area (Å²) in [4.78, 5) is 27.0. The van der Waals surface area contributed by atoms with E-state index in [4.69, 9.17) is 0 Å². The van der Waals surface area contributed by atoms with Crippen LogP contribution >= 0.6 is 12.6 Å². The zero-order chi connectivity index (χ0) is 14.1. The quantitative estimate of drug-likeness (QED) is 0.500. The molecular formula is C15H12N2O2S. The minimum atomic E-state index is -0.204. The van der Waals surface area contributed by atoms with Crippen LogP contribution in [0, 0.1) is 0 Å². The van der Waals surface area contributed by atoms with Gasteiger partial charge in [0.05, 0.1) is 5.75 Å². The highest BCUT2D eigenvalue weighted by atomic mass is 32.1. The Balaban J connectivity index is 2.23. The van der Waals surface area contributed by atoms with Crippen molar-refractivity contribution >= 4 is 46.0 Å². The average molecular weight is 284 g/mol. The van der Waals surface area contributed by atoms with E-state index in [0.29, 0.717) is 16.5 Å². The van der Waals surface area contributed by atoms with Crippen LogP contribution in [0.15, 0.2) is 47.3 Å². The van der Waals surface area contributed by atoms with Crippen LogP contribution in [-0.4, -0.2) is 16.6 Å². The van der Waals surface area contributed by atoms with E-state index in [2.05, 4.69) is 22.9 Å². The number of para-hydroxylation sites is 1. The third kappa shape index (κ3) is 2.16. The zero-order valence-corrected chi connectivity index (χ0v) is 11.4. The van der Waals surface area contributed by atoms with E-state index >= 15 is 0 Å². The highest BCUT2D eigenvalue weighted by Gasteiger charge is 2.06. The maximum absolute atomic E-state index is 12.4. The summed E-state index contributed by atoms with van der Waals surface area (Å²) in [6.07, 6.45) is 0. The lowest BCUT2D eigenvalue weighted by Crippen LogP contribution is -2.13. The molecule has 4 nitrogen and oxygen atoms in total. The second-order valence-electron chi connectivity index (χ2n) is 4.47. The number of rotatable bonds is 2. The van der Waals surface area contributed by atoms with Gasteiger partial charge in [-0.15, -0.1) is 0 Å². The number of hydrogen-bond donors (Lipinski definition) is 3. The molecule has 0 fully saturated rings. The molecule has 3 aromatic rings. The van der Waals surface area contributed by atoms with E-state index in [1.807, 2.05) is 18.2 Å². The van der Waals surface area contributed by atoms with Gasteiger partial charge >= 0.3 is 0 Å². The number of H-pyrrole nitrogens is 1. The minimum absolute atomic E-state index is 0.0451. The van der Waals surface area contributed by atoms with Gasteiger partial charge in [-0.25, -0.2) is 0 Å². The molecule has 0 spiro atoms. The second-order valence-corrected chi connectivity index (χ2v) is 4.78. The third-order valence-corrected chi connectivity index (χ3v) is 3.42. The van der Waals surface area contributed by atoms with Crippen LogP contribution in [-0.2, 0) is 4.79 Å². The van der Waals surface area contributed by atoms with Crippen molar-refractivity contribution in [2.75, 3.05) is 11.1 Å². The number of pyridine rings is 1. The number of thiol groups is 1. The van der Waals surface area contributed by atoms with Crippen LogP contribution in [0.2, 0.25) is 0 Å². The SMILES string of the molecule is O=C(CS)Nc1ccc2[nH]c3ccccc3c(=O)c2c1. The molecule has 3 rings (SSSR count). The Bertz CT molecular complexity index is 871. The topological polar surface area (TPSA) is 62.0 Å². The van der Waals surface area contributed by atoms with Crippen LogP contribution in [0.1, 0.15) is 0 Å². The number of amides is 1. The molecule has 1 heterocycles. The van der Waals surface area contributed by atoms with Gasteiger partial charge in [-0.05, 0) is 30.3 Å². The maximum atomic E-state index is 12.4. The fraction of sp³-hybridized carbons (Fsp3) is 0.0667. The van der Waals surface area contributed by atoms with Crippen LogP contribution in [0.5, 0.6) is 0 Å². The molecule has 0 bridgehead atoms. The molecule has 20 heavy (non-hydrogen) atoms. The number of carbonyl (C=O) groups is 1. The lowest BCUT2D eigenvalue weighted by molar-refractivity contribution is -0.113. The molecule has 0 aliphatic heterocycles. The highest BCUT2D eigenvalue weighted by Crippen LogP contribution is 2.18. The standard InChI is InChI=1S/C15H12N2O2S/c18-14(8-20)16-9-5-6-13-11(7-9)15(19)10-3-1-2-4-12(10)17-13/h1-7,20H,8H2,(H,16,18)(H,17,19). The maximum Gasteiger partial charge on any atom is 0.234 e. The Morgan fingerprint density at radius 2 is 1.85 bits per heavy atom. The molecule has 2 aromatic carbocycles. The van der Waals surface area contributed by atoms with Gasteiger partial charge in [-0.3, -0.25) is 9.59 Å². The summed E-state index contributed by atoms with van der Waals surface area (Å²) < 4.78 is 0. The van der Waals surface area contributed by atoms with Gasteiger partial charge in [0, 0.05) is 27.5 Å². The summed E-state index contributed by atoms with van der Waals surface area (Å²) in [6.45, 7) is 0. The Morgan fingerprint density at radius 3 is 2.65 bits per heavy atom. The lowest BCUT2D eigenvalue weighted by Gasteiger charge is -2.06. The van der Waals surface area contributed by atoms with E-state index in [0.717, 1.165) is 11.0 Å². The van der Waals surface area contributed by atoms with Crippen LogP contribution < -0.4 is 10.7 Å². The molecule has 100 valence electrons. The zero-order valence-electron chi connectivity index (χ0n) is 10.5. The molecule has 0 aliphatic carbocycles. The first-order valence-corrected chi connectivity index (χ1v) is 6.78. The Kier molecular flexibility index (Phi) is 3.20. The first-order chi connectivity index (χ1) is 9.69. The number of carbonyl (C=O) groups excluding carboxylic acids is 1. The predicted molar refractivity (Wildman–Crippen MR) is 84.6 cm³/mol. The predicted octanol–water partition coefficient (Wildman–Crippen LogP) is 2.55. The number of aromatic nitrogens is 1. The van der Waals surface area contributed by atoms with Crippen LogP contribution in [0.3, 0.4) is 0 Å². The first-order valence-electron chi connectivity index (χ1n) is 6.14. The normalized spacial score (nSPS) is 10.8. The minimum Gasteiger partial charge on any atom is -0.354 e. The van der Waals surface area contributed by atoms with E-state index < -0.39 is 0 Å². The van der Waals surface area contributed by atoms with Crippen molar-refractivity contribution in [3.8, 4) is 0 Å². The molecule has 0 atom stereocenters. The van der Waals surface area contributed by atoms with Crippen molar-refractivity contribution < 1.29 is 4.79 Å². The molecule has 1 aromatic heterocycles. The van der Waals surface area contributed by atoms with Gasteiger partial charge in [0.15, 0.2) is 5.43 Å². The molecule has 1 amide bonds. The summed E-state index contributed by atoms with van der Waals surface area (Å²) in [5, 5.41) is 3.88. The van der Waals surface area contributed by atoms with Gasteiger partial charge in [-0.2, -0.15) is 12.6 Å². The smallest absolute Gasteiger partial charge is 0.234 e. The summed E-state index contributed by atoms with van der Waals surface area (Å²) >= 11 is 3.91. The molecule has 0 aliphatic rings.